The molecule has 0 spiro atoms. The molecule has 0 fully saturated rings. The maximum Gasteiger partial charge on any atom is 0.0722 e. The SMILES string of the molecule is C/C=C\C(=N)C(C)Cl. The lowest BCUT2D eigenvalue weighted by molar-refractivity contribution is 1.26. The Balaban J connectivity index is 3.66. The summed E-state index contributed by atoms with van der Waals surface area (Å²) in [5.41, 5.74) is 0.467. The van der Waals surface area contributed by atoms with Crippen LogP contribution in [0.2, 0.25) is 0 Å². The molecule has 2 heteroatoms. The molecule has 0 bridgehead atoms. The van der Waals surface area contributed by atoms with Gasteiger partial charge in [0.25, 0.3) is 0 Å². The van der Waals surface area contributed by atoms with Crippen LogP contribution in [0.25, 0.3) is 0 Å². The zero-order chi connectivity index (χ0) is 6.57. The summed E-state index contributed by atoms with van der Waals surface area (Å²) >= 11 is 5.53. The second kappa shape index (κ2) is 3.67. The molecule has 0 aromatic carbocycles. The van der Waals surface area contributed by atoms with E-state index in [1.54, 1.807) is 19.1 Å². The number of halogens is 1. The van der Waals surface area contributed by atoms with Gasteiger partial charge in [0, 0.05) is 5.71 Å². The van der Waals surface area contributed by atoms with E-state index < -0.39 is 0 Å². The first-order valence-electron chi connectivity index (χ1n) is 2.53. The molecule has 0 heterocycles. The molecule has 1 unspecified atom stereocenters. The summed E-state index contributed by atoms with van der Waals surface area (Å²) in [5.74, 6) is 0. The molecule has 0 aliphatic rings. The van der Waals surface area contributed by atoms with Gasteiger partial charge >= 0.3 is 0 Å². The molecular weight excluding hydrogens is 122 g/mol. The highest BCUT2D eigenvalue weighted by molar-refractivity contribution is 6.33. The van der Waals surface area contributed by atoms with Crippen LogP contribution in [0.15, 0.2) is 12.2 Å². The molecule has 1 nitrogen and oxygen atoms in total. The Morgan fingerprint density at radius 2 is 2.25 bits per heavy atom. The van der Waals surface area contributed by atoms with Crippen LogP contribution >= 0.6 is 11.6 Å². The summed E-state index contributed by atoms with van der Waals surface area (Å²) in [6, 6.07) is 0. The summed E-state index contributed by atoms with van der Waals surface area (Å²) in [6.45, 7) is 3.65. The van der Waals surface area contributed by atoms with Crippen molar-refractivity contribution in [2.75, 3.05) is 0 Å². The normalized spacial score (nSPS) is 14.4. The number of alkyl halides is 1. The Kier molecular flexibility index (Phi) is 3.53. The highest BCUT2D eigenvalue weighted by Crippen LogP contribution is 1.95. The van der Waals surface area contributed by atoms with E-state index in [2.05, 4.69) is 0 Å². The van der Waals surface area contributed by atoms with Crippen molar-refractivity contribution in [2.45, 2.75) is 19.2 Å². The van der Waals surface area contributed by atoms with E-state index >= 15 is 0 Å². The molecule has 0 aliphatic carbocycles. The Labute approximate surface area is 54.9 Å². The van der Waals surface area contributed by atoms with Crippen LogP contribution in [0.4, 0.5) is 0 Å². The van der Waals surface area contributed by atoms with Crippen molar-refractivity contribution >= 4 is 17.3 Å². The Hall–Kier alpha value is -0.300. The summed E-state index contributed by atoms with van der Waals surface area (Å²) < 4.78 is 0. The highest BCUT2D eigenvalue weighted by atomic mass is 35.5. The Morgan fingerprint density at radius 1 is 1.75 bits per heavy atom. The van der Waals surface area contributed by atoms with Crippen LogP contribution in [0.1, 0.15) is 13.8 Å². The Bertz CT molecular complexity index is 105. The zero-order valence-corrected chi connectivity index (χ0v) is 5.87. The number of hydrogen-bond donors (Lipinski definition) is 1. The first-order valence-corrected chi connectivity index (χ1v) is 2.97. The van der Waals surface area contributed by atoms with Crippen LogP contribution in [0, 0.1) is 5.41 Å². The van der Waals surface area contributed by atoms with Crippen molar-refractivity contribution < 1.29 is 0 Å². The highest BCUT2D eigenvalue weighted by Gasteiger charge is 1.97. The van der Waals surface area contributed by atoms with Gasteiger partial charge in [-0.3, -0.25) is 0 Å². The summed E-state index contributed by atoms with van der Waals surface area (Å²) in [6.07, 6.45) is 3.50. The van der Waals surface area contributed by atoms with Crippen LogP contribution in [-0.2, 0) is 0 Å². The van der Waals surface area contributed by atoms with Gasteiger partial charge in [0.2, 0.25) is 0 Å². The van der Waals surface area contributed by atoms with Gasteiger partial charge in [-0.25, -0.2) is 0 Å². The van der Waals surface area contributed by atoms with E-state index in [4.69, 9.17) is 17.0 Å². The lowest BCUT2D eigenvalue weighted by atomic mass is 10.3. The molecule has 46 valence electrons. The first kappa shape index (κ1) is 7.70. The van der Waals surface area contributed by atoms with Gasteiger partial charge in [-0.15, -0.1) is 11.6 Å². The number of rotatable bonds is 2. The summed E-state index contributed by atoms with van der Waals surface area (Å²) in [5, 5.41) is 6.96. The first-order chi connectivity index (χ1) is 3.68. The van der Waals surface area contributed by atoms with Crippen molar-refractivity contribution in [1.29, 1.82) is 5.41 Å². The quantitative estimate of drug-likeness (QED) is 0.439. The summed E-state index contributed by atoms with van der Waals surface area (Å²) in [7, 11) is 0. The largest absolute Gasteiger partial charge is 0.304 e. The zero-order valence-electron chi connectivity index (χ0n) is 5.11. The molecule has 8 heavy (non-hydrogen) atoms. The fourth-order valence-electron chi connectivity index (χ4n) is 0.312. The third kappa shape index (κ3) is 2.80. The number of nitrogens with one attached hydrogen (secondary N) is 1. The van der Waals surface area contributed by atoms with Crippen LogP contribution in [0.5, 0.6) is 0 Å². The van der Waals surface area contributed by atoms with Crippen molar-refractivity contribution in [3.63, 3.8) is 0 Å². The van der Waals surface area contributed by atoms with Crippen LogP contribution in [-0.4, -0.2) is 11.1 Å². The van der Waals surface area contributed by atoms with E-state index in [0.29, 0.717) is 5.71 Å². The smallest absolute Gasteiger partial charge is 0.0722 e. The number of allylic oxidation sites excluding steroid dienone is 2. The maximum atomic E-state index is 7.12. The van der Waals surface area contributed by atoms with Crippen molar-refractivity contribution in [2.24, 2.45) is 0 Å². The topological polar surface area (TPSA) is 23.9 Å². The minimum Gasteiger partial charge on any atom is -0.304 e. The van der Waals surface area contributed by atoms with Crippen LogP contribution < -0.4 is 0 Å². The molecule has 0 saturated heterocycles. The van der Waals surface area contributed by atoms with Crippen molar-refractivity contribution in [3.05, 3.63) is 12.2 Å². The fraction of sp³-hybridized carbons (Fsp3) is 0.500. The van der Waals surface area contributed by atoms with Crippen molar-refractivity contribution in [1.82, 2.24) is 0 Å². The van der Waals surface area contributed by atoms with Gasteiger partial charge in [-0.05, 0) is 19.9 Å². The standard InChI is InChI=1S/C6H10ClN/c1-3-4-6(8)5(2)7/h3-5,8H,1-2H3/b4-3-,8-6?. The molecule has 0 aromatic rings. The second-order valence-electron chi connectivity index (χ2n) is 1.57. The molecule has 1 atom stereocenters. The predicted octanol–water partition coefficient (Wildman–Crippen LogP) is 2.21. The molecule has 0 aliphatic heterocycles. The van der Waals surface area contributed by atoms with Gasteiger partial charge in [0.1, 0.15) is 0 Å². The average molecular weight is 132 g/mol. The second-order valence-corrected chi connectivity index (χ2v) is 2.23. The molecular formula is C6H10ClN. The molecule has 0 radical (unpaired) electrons. The lowest BCUT2D eigenvalue weighted by Gasteiger charge is -1.95. The molecule has 1 N–H and O–H groups in total. The minimum atomic E-state index is -0.161. The third-order valence-electron chi connectivity index (χ3n) is 0.775. The van der Waals surface area contributed by atoms with Gasteiger partial charge in [-0.2, -0.15) is 0 Å². The van der Waals surface area contributed by atoms with E-state index in [0.717, 1.165) is 0 Å². The van der Waals surface area contributed by atoms with E-state index in [-0.39, 0.29) is 5.38 Å². The fourth-order valence-corrected chi connectivity index (χ4v) is 0.385. The van der Waals surface area contributed by atoms with Gasteiger partial charge in [0.05, 0.1) is 5.38 Å². The maximum absolute atomic E-state index is 7.12. The van der Waals surface area contributed by atoms with Gasteiger partial charge in [-0.1, -0.05) is 6.08 Å². The monoisotopic (exact) mass is 131 g/mol. The molecule has 0 saturated carbocycles. The van der Waals surface area contributed by atoms with Gasteiger partial charge < -0.3 is 5.41 Å². The summed E-state index contributed by atoms with van der Waals surface area (Å²) in [4.78, 5) is 0. The molecule has 0 aromatic heterocycles. The third-order valence-corrected chi connectivity index (χ3v) is 1.01. The minimum absolute atomic E-state index is 0.161. The van der Waals surface area contributed by atoms with Crippen molar-refractivity contribution in [3.8, 4) is 0 Å². The van der Waals surface area contributed by atoms with Gasteiger partial charge in [0.15, 0.2) is 0 Å². The van der Waals surface area contributed by atoms with E-state index in [1.165, 1.54) is 0 Å². The predicted molar refractivity (Wildman–Crippen MR) is 37.9 cm³/mol. The Morgan fingerprint density at radius 3 is 2.38 bits per heavy atom. The van der Waals surface area contributed by atoms with Crippen LogP contribution in [0.3, 0.4) is 0 Å². The molecule has 0 amide bonds. The van der Waals surface area contributed by atoms with E-state index in [1.807, 2.05) is 6.92 Å². The number of hydrogen-bond acceptors (Lipinski definition) is 1. The van der Waals surface area contributed by atoms with E-state index in [9.17, 15) is 0 Å². The molecule has 0 rings (SSSR count). The average Bonchev–Trinajstić information content (AvgIpc) is 1.67. The lowest BCUT2D eigenvalue weighted by Crippen LogP contribution is -2.03.